The van der Waals surface area contributed by atoms with Crippen LogP contribution in [0.5, 0.6) is 5.75 Å². The van der Waals surface area contributed by atoms with Crippen LogP contribution in [0.25, 0.3) is 0 Å². The Morgan fingerprint density at radius 3 is 2.78 bits per heavy atom. The minimum atomic E-state index is -0.104. The fourth-order valence-corrected chi connectivity index (χ4v) is 1.76. The standard InChI is InChI=1S/C14H22N2O2/c1-2-12-8-5-6-9-13(12)18-11-7-3-4-10-14(17)16-15/h5-6,8-9H,2-4,7,10-11,15H2,1H3,(H,16,17). The first-order valence-electron chi connectivity index (χ1n) is 6.48. The molecule has 18 heavy (non-hydrogen) atoms. The zero-order chi connectivity index (χ0) is 13.2. The number of carbonyl (C=O) groups excluding carboxylic acids is 1. The van der Waals surface area contributed by atoms with Crippen molar-refractivity contribution in [2.75, 3.05) is 6.61 Å². The molecule has 0 bridgehead atoms. The van der Waals surface area contributed by atoms with Gasteiger partial charge in [0.1, 0.15) is 5.75 Å². The SMILES string of the molecule is CCc1ccccc1OCCCCCC(=O)NN. The summed E-state index contributed by atoms with van der Waals surface area (Å²) in [7, 11) is 0. The molecule has 0 fully saturated rings. The van der Waals surface area contributed by atoms with Crippen LogP contribution in [0.4, 0.5) is 0 Å². The summed E-state index contributed by atoms with van der Waals surface area (Å²) in [5.41, 5.74) is 3.36. The average Bonchev–Trinajstić information content (AvgIpc) is 2.42. The number of para-hydroxylation sites is 1. The molecule has 0 atom stereocenters. The van der Waals surface area contributed by atoms with Gasteiger partial charge in [-0.05, 0) is 37.3 Å². The number of hydrogen-bond donors (Lipinski definition) is 2. The van der Waals surface area contributed by atoms with Gasteiger partial charge in [-0.3, -0.25) is 10.2 Å². The fourth-order valence-electron chi connectivity index (χ4n) is 1.76. The van der Waals surface area contributed by atoms with Crippen molar-refractivity contribution in [1.82, 2.24) is 5.43 Å². The van der Waals surface area contributed by atoms with Crippen molar-refractivity contribution >= 4 is 5.91 Å². The van der Waals surface area contributed by atoms with E-state index in [9.17, 15) is 4.79 Å². The molecule has 1 aromatic rings. The predicted molar refractivity (Wildman–Crippen MR) is 72.1 cm³/mol. The third kappa shape index (κ3) is 5.19. The minimum absolute atomic E-state index is 0.104. The topological polar surface area (TPSA) is 64.3 Å². The number of carbonyl (C=O) groups is 1. The van der Waals surface area contributed by atoms with Gasteiger partial charge < -0.3 is 4.74 Å². The van der Waals surface area contributed by atoms with Crippen molar-refractivity contribution < 1.29 is 9.53 Å². The number of benzene rings is 1. The van der Waals surface area contributed by atoms with Crippen molar-refractivity contribution in [2.45, 2.75) is 39.0 Å². The van der Waals surface area contributed by atoms with Crippen molar-refractivity contribution in [2.24, 2.45) is 5.84 Å². The highest BCUT2D eigenvalue weighted by atomic mass is 16.5. The molecular weight excluding hydrogens is 228 g/mol. The number of ether oxygens (including phenoxy) is 1. The number of nitrogens with one attached hydrogen (secondary N) is 1. The van der Waals surface area contributed by atoms with Crippen LogP contribution in [-0.2, 0) is 11.2 Å². The van der Waals surface area contributed by atoms with Crippen LogP contribution >= 0.6 is 0 Å². The summed E-state index contributed by atoms with van der Waals surface area (Å²) in [5, 5.41) is 0. The van der Waals surface area contributed by atoms with Crippen molar-refractivity contribution in [3.8, 4) is 5.75 Å². The number of amides is 1. The van der Waals surface area contributed by atoms with Crippen LogP contribution in [0.2, 0.25) is 0 Å². The zero-order valence-electron chi connectivity index (χ0n) is 10.9. The van der Waals surface area contributed by atoms with Gasteiger partial charge in [-0.2, -0.15) is 0 Å². The van der Waals surface area contributed by atoms with Crippen LogP contribution in [0.3, 0.4) is 0 Å². The van der Waals surface area contributed by atoms with Gasteiger partial charge in [0, 0.05) is 6.42 Å². The molecule has 0 unspecified atom stereocenters. The van der Waals surface area contributed by atoms with Crippen LogP contribution in [0.1, 0.15) is 38.2 Å². The third-order valence-corrected chi connectivity index (χ3v) is 2.82. The molecule has 3 N–H and O–H groups in total. The van der Waals surface area contributed by atoms with Crippen LogP contribution in [0.15, 0.2) is 24.3 Å². The maximum atomic E-state index is 10.9. The molecule has 1 aromatic carbocycles. The van der Waals surface area contributed by atoms with Crippen LogP contribution in [0, 0.1) is 0 Å². The quantitative estimate of drug-likeness (QED) is 0.322. The van der Waals surface area contributed by atoms with Gasteiger partial charge in [0.2, 0.25) is 5.91 Å². The molecule has 4 heteroatoms. The molecular formula is C14H22N2O2. The lowest BCUT2D eigenvalue weighted by Gasteiger charge is -2.09. The Hall–Kier alpha value is -1.55. The first-order valence-corrected chi connectivity index (χ1v) is 6.48. The first kappa shape index (κ1) is 14.5. The number of unbranched alkanes of at least 4 members (excludes halogenated alkanes) is 2. The summed E-state index contributed by atoms with van der Waals surface area (Å²) in [6, 6.07) is 8.10. The Labute approximate surface area is 108 Å². The molecule has 1 rings (SSSR count). The molecule has 0 saturated carbocycles. The Kier molecular flexibility index (Phi) is 6.87. The van der Waals surface area contributed by atoms with Crippen molar-refractivity contribution in [1.29, 1.82) is 0 Å². The lowest BCUT2D eigenvalue weighted by Crippen LogP contribution is -2.29. The summed E-state index contributed by atoms with van der Waals surface area (Å²) in [5.74, 6) is 5.86. The van der Waals surface area contributed by atoms with E-state index in [0.717, 1.165) is 31.4 Å². The summed E-state index contributed by atoms with van der Waals surface area (Å²) < 4.78 is 5.74. The van der Waals surface area contributed by atoms with E-state index < -0.39 is 0 Å². The Morgan fingerprint density at radius 1 is 1.28 bits per heavy atom. The van der Waals surface area contributed by atoms with E-state index >= 15 is 0 Å². The van der Waals surface area contributed by atoms with E-state index in [1.165, 1.54) is 5.56 Å². The Bertz CT molecular complexity index is 367. The summed E-state index contributed by atoms with van der Waals surface area (Å²) in [6.07, 6.45) is 4.24. The fraction of sp³-hybridized carbons (Fsp3) is 0.500. The van der Waals surface area contributed by atoms with E-state index in [0.29, 0.717) is 13.0 Å². The van der Waals surface area contributed by atoms with Gasteiger partial charge in [-0.1, -0.05) is 25.1 Å². The second kappa shape index (κ2) is 8.53. The highest BCUT2D eigenvalue weighted by Gasteiger charge is 2.01. The van der Waals surface area contributed by atoms with Crippen LogP contribution < -0.4 is 16.0 Å². The predicted octanol–water partition coefficient (Wildman–Crippen LogP) is 2.18. The molecule has 100 valence electrons. The molecule has 0 aliphatic rings. The molecule has 0 spiro atoms. The van der Waals surface area contributed by atoms with E-state index in [4.69, 9.17) is 10.6 Å². The summed E-state index contributed by atoms with van der Waals surface area (Å²) in [6.45, 7) is 2.81. The molecule has 0 radical (unpaired) electrons. The summed E-state index contributed by atoms with van der Waals surface area (Å²) in [4.78, 5) is 10.9. The molecule has 0 aromatic heterocycles. The van der Waals surface area contributed by atoms with Crippen molar-refractivity contribution in [3.05, 3.63) is 29.8 Å². The molecule has 1 amide bonds. The minimum Gasteiger partial charge on any atom is -0.493 e. The van der Waals surface area contributed by atoms with Gasteiger partial charge in [0.25, 0.3) is 0 Å². The smallest absolute Gasteiger partial charge is 0.233 e. The maximum absolute atomic E-state index is 10.9. The van der Waals surface area contributed by atoms with Gasteiger partial charge in [-0.25, -0.2) is 5.84 Å². The van der Waals surface area contributed by atoms with E-state index in [-0.39, 0.29) is 5.91 Å². The second-order valence-corrected chi connectivity index (χ2v) is 4.19. The number of hydrogen-bond acceptors (Lipinski definition) is 3. The normalized spacial score (nSPS) is 10.1. The zero-order valence-corrected chi connectivity index (χ0v) is 10.9. The molecule has 0 aliphatic carbocycles. The van der Waals surface area contributed by atoms with Gasteiger partial charge >= 0.3 is 0 Å². The lowest BCUT2D eigenvalue weighted by atomic mass is 10.1. The van der Waals surface area contributed by atoms with Gasteiger partial charge in [-0.15, -0.1) is 0 Å². The third-order valence-electron chi connectivity index (χ3n) is 2.82. The number of aryl methyl sites for hydroxylation is 1. The maximum Gasteiger partial charge on any atom is 0.233 e. The molecule has 4 nitrogen and oxygen atoms in total. The van der Waals surface area contributed by atoms with Gasteiger partial charge in [0.05, 0.1) is 6.61 Å². The second-order valence-electron chi connectivity index (χ2n) is 4.19. The van der Waals surface area contributed by atoms with E-state index in [2.05, 4.69) is 18.4 Å². The first-order chi connectivity index (χ1) is 8.77. The average molecular weight is 250 g/mol. The van der Waals surface area contributed by atoms with E-state index in [1.54, 1.807) is 0 Å². The molecule has 0 aliphatic heterocycles. The van der Waals surface area contributed by atoms with Gasteiger partial charge in [0.15, 0.2) is 0 Å². The van der Waals surface area contributed by atoms with E-state index in [1.807, 2.05) is 18.2 Å². The van der Waals surface area contributed by atoms with Crippen LogP contribution in [-0.4, -0.2) is 12.5 Å². The lowest BCUT2D eigenvalue weighted by molar-refractivity contribution is -0.121. The molecule has 0 saturated heterocycles. The monoisotopic (exact) mass is 250 g/mol. The number of rotatable bonds is 8. The number of hydrazine groups is 1. The highest BCUT2D eigenvalue weighted by molar-refractivity contribution is 5.74. The largest absolute Gasteiger partial charge is 0.493 e. The molecule has 0 heterocycles. The summed E-state index contributed by atoms with van der Waals surface area (Å²) >= 11 is 0. The Morgan fingerprint density at radius 2 is 2.06 bits per heavy atom. The van der Waals surface area contributed by atoms with Crippen molar-refractivity contribution in [3.63, 3.8) is 0 Å². The highest BCUT2D eigenvalue weighted by Crippen LogP contribution is 2.18. The Balaban J connectivity index is 2.16. The number of nitrogens with two attached hydrogens (primary N) is 1.